The van der Waals surface area contributed by atoms with Crippen molar-refractivity contribution in [3.05, 3.63) is 12.4 Å². The standard InChI is InChI=1S/C11H18N4S/c1-4-15-6-10(5-12-15)14-11-13-9(3)8(2)7-16-11/h5-6,8-9H,4,7H2,1-3H3,(H,13,14). The molecule has 0 aromatic carbocycles. The van der Waals surface area contributed by atoms with E-state index in [0.717, 1.165) is 23.2 Å². The molecule has 0 spiro atoms. The van der Waals surface area contributed by atoms with E-state index in [2.05, 4.69) is 36.2 Å². The van der Waals surface area contributed by atoms with Crippen LogP contribution in [0.5, 0.6) is 0 Å². The SMILES string of the molecule is CCn1cc(NC2=NC(C)C(C)CS2)cn1. The summed E-state index contributed by atoms with van der Waals surface area (Å²) in [6.07, 6.45) is 3.85. The number of anilines is 1. The Kier molecular flexibility index (Phi) is 3.53. The second-order valence-electron chi connectivity index (χ2n) is 4.17. The van der Waals surface area contributed by atoms with Crippen LogP contribution in [0.4, 0.5) is 5.69 Å². The second-order valence-corrected chi connectivity index (χ2v) is 5.18. The summed E-state index contributed by atoms with van der Waals surface area (Å²) in [5.41, 5.74) is 1.02. The lowest BCUT2D eigenvalue weighted by molar-refractivity contribution is 0.537. The largest absolute Gasteiger partial charge is 0.332 e. The molecule has 0 bridgehead atoms. The van der Waals surface area contributed by atoms with Crippen LogP contribution >= 0.6 is 11.8 Å². The van der Waals surface area contributed by atoms with Crippen LogP contribution in [0.1, 0.15) is 20.8 Å². The van der Waals surface area contributed by atoms with Crippen molar-refractivity contribution in [1.29, 1.82) is 0 Å². The van der Waals surface area contributed by atoms with Gasteiger partial charge in [0.2, 0.25) is 0 Å². The first-order valence-corrected chi connectivity index (χ1v) is 6.67. The number of hydrogen-bond acceptors (Lipinski definition) is 4. The van der Waals surface area contributed by atoms with E-state index < -0.39 is 0 Å². The number of aromatic nitrogens is 2. The monoisotopic (exact) mass is 238 g/mol. The third kappa shape index (κ3) is 2.58. The van der Waals surface area contributed by atoms with Crippen molar-refractivity contribution in [3.63, 3.8) is 0 Å². The molecule has 0 aliphatic carbocycles. The molecular formula is C11H18N4S. The number of rotatable bonds is 2. The highest BCUT2D eigenvalue weighted by Crippen LogP contribution is 2.23. The predicted octanol–water partition coefficient (Wildman–Crippen LogP) is 2.44. The highest BCUT2D eigenvalue weighted by Gasteiger charge is 2.19. The van der Waals surface area contributed by atoms with E-state index in [1.807, 2.05) is 17.1 Å². The van der Waals surface area contributed by atoms with Gasteiger partial charge in [0.05, 0.1) is 17.9 Å². The Labute approximate surface area is 101 Å². The Balaban J connectivity index is 2.02. The van der Waals surface area contributed by atoms with Crippen LogP contribution in [-0.2, 0) is 6.54 Å². The van der Waals surface area contributed by atoms with Gasteiger partial charge >= 0.3 is 0 Å². The number of nitrogens with zero attached hydrogens (tertiary/aromatic N) is 3. The van der Waals surface area contributed by atoms with E-state index in [1.165, 1.54) is 0 Å². The van der Waals surface area contributed by atoms with Crippen molar-refractivity contribution in [2.75, 3.05) is 11.1 Å². The molecule has 5 heteroatoms. The predicted molar refractivity (Wildman–Crippen MR) is 70.0 cm³/mol. The molecule has 0 fully saturated rings. The van der Waals surface area contributed by atoms with Crippen LogP contribution in [0, 0.1) is 5.92 Å². The quantitative estimate of drug-likeness (QED) is 0.860. The Morgan fingerprint density at radius 1 is 1.56 bits per heavy atom. The summed E-state index contributed by atoms with van der Waals surface area (Å²) < 4.78 is 1.91. The van der Waals surface area contributed by atoms with Gasteiger partial charge in [-0.1, -0.05) is 18.7 Å². The molecule has 4 nitrogen and oxygen atoms in total. The smallest absolute Gasteiger partial charge is 0.161 e. The summed E-state index contributed by atoms with van der Waals surface area (Å²) in [6, 6.07) is 0.407. The Hall–Kier alpha value is -0.970. The molecule has 1 aliphatic heterocycles. The molecule has 2 rings (SSSR count). The van der Waals surface area contributed by atoms with Crippen molar-refractivity contribution >= 4 is 22.6 Å². The number of aryl methyl sites for hydroxylation is 1. The van der Waals surface area contributed by atoms with Gasteiger partial charge in [0, 0.05) is 18.5 Å². The molecule has 1 aromatic heterocycles. The first-order chi connectivity index (χ1) is 7.69. The number of amidine groups is 1. The van der Waals surface area contributed by atoms with Gasteiger partial charge in [0.25, 0.3) is 0 Å². The van der Waals surface area contributed by atoms with E-state index in [1.54, 1.807) is 11.8 Å². The first kappa shape index (κ1) is 11.5. The zero-order valence-corrected chi connectivity index (χ0v) is 10.8. The summed E-state index contributed by atoms with van der Waals surface area (Å²) in [5, 5.41) is 8.56. The maximum atomic E-state index is 4.63. The van der Waals surface area contributed by atoms with Crippen LogP contribution in [0.15, 0.2) is 17.4 Å². The molecule has 0 radical (unpaired) electrons. The average Bonchev–Trinajstić information content (AvgIpc) is 2.71. The fourth-order valence-electron chi connectivity index (χ4n) is 1.49. The van der Waals surface area contributed by atoms with Gasteiger partial charge in [-0.3, -0.25) is 9.67 Å². The van der Waals surface area contributed by atoms with Crippen LogP contribution in [0.3, 0.4) is 0 Å². The Morgan fingerprint density at radius 3 is 3.00 bits per heavy atom. The fourth-order valence-corrected chi connectivity index (χ4v) is 2.62. The van der Waals surface area contributed by atoms with Crippen molar-refractivity contribution in [3.8, 4) is 0 Å². The summed E-state index contributed by atoms with van der Waals surface area (Å²) >= 11 is 1.79. The van der Waals surface area contributed by atoms with Crippen molar-refractivity contribution in [1.82, 2.24) is 9.78 Å². The molecule has 1 aromatic rings. The van der Waals surface area contributed by atoms with E-state index in [0.29, 0.717) is 12.0 Å². The van der Waals surface area contributed by atoms with Gasteiger partial charge < -0.3 is 5.32 Å². The van der Waals surface area contributed by atoms with Gasteiger partial charge in [-0.15, -0.1) is 0 Å². The molecule has 88 valence electrons. The zero-order valence-electron chi connectivity index (χ0n) is 9.97. The summed E-state index contributed by atoms with van der Waals surface area (Å²) in [4.78, 5) is 4.63. The normalized spacial score (nSPS) is 25.3. The van der Waals surface area contributed by atoms with E-state index in [-0.39, 0.29) is 0 Å². The van der Waals surface area contributed by atoms with Crippen LogP contribution in [-0.4, -0.2) is 26.7 Å². The number of aliphatic imine (C=N–C) groups is 1. The Bertz CT molecular complexity index is 385. The van der Waals surface area contributed by atoms with Crippen LogP contribution in [0.2, 0.25) is 0 Å². The molecule has 2 unspecified atom stereocenters. The lowest BCUT2D eigenvalue weighted by Crippen LogP contribution is -2.25. The molecule has 0 saturated heterocycles. The zero-order chi connectivity index (χ0) is 11.5. The molecule has 2 atom stereocenters. The first-order valence-electron chi connectivity index (χ1n) is 5.69. The average molecular weight is 238 g/mol. The fraction of sp³-hybridized carbons (Fsp3) is 0.636. The highest BCUT2D eigenvalue weighted by atomic mass is 32.2. The van der Waals surface area contributed by atoms with Gasteiger partial charge in [0.1, 0.15) is 0 Å². The van der Waals surface area contributed by atoms with Crippen LogP contribution in [0.25, 0.3) is 0 Å². The lowest BCUT2D eigenvalue weighted by atomic mass is 10.1. The summed E-state index contributed by atoms with van der Waals surface area (Å²) in [6.45, 7) is 7.39. The molecule has 16 heavy (non-hydrogen) atoms. The van der Waals surface area contributed by atoms with Gasteiger partial charge in [-0.05, 0) is 19.8 Å². The minimum absolute atomic E-state index is 0.407. The summed E-state index contributed by atoms with van der Waals surface area (Å²) in [5.74, 6) is 1.79. The third-order valence-corrected chi connectivity index (χ3v) is 4.01. The number of nitrogens with one attached hydrogen (secondary N) is 1. The van der Waals surface area contributed by atoms with Crippen molar-refractivity contribution in [2.45, 2.75) is 33.4 Å². The van der Waals surface area contributed by atoms with Gasteiger partial charge in [-0.25, -0.2) is 0 Å². The van der Waals surface area contributed by atoms with Gasteiger partial charge in [0.15, 0.2) is 5.17 Å². The van der Waals surface area contributed by atoms with E-state index in [4.69, 9.17) is 0 Å². The Morgan fingerprint density at radius 2 is 2.38 bits per heavy atom. The minimum atomic E-state index is 0.407. The number of thioether (sulfide) groups is 1. The molecule has 0 saturated carbocycles. The molecule has 2 heterocycles. The second kappa shape index (κ2) is 4.91. The van der Waals surface area contributed by atoms with Crippen LogP contribution < -0.4 is 5.32 Å². The van der Waals surface area contributed by atoms with Crippen molar-refractivity contribution < 1.29 is 0 Å². The summed E-state index contributed by atoms with van der Waals surface area (Å²) in [7, 11) is 0. The molecule has 1 N–H and O–H groups in total. The lowest BCUT2D eigenvalue weighted by Gasteiger charge is -2.23. The maximum Gasteiger partial charge on any atom is 0.161 e. The third-order valence-electron chi connectivity index (χ3n) is 2.84. The maximum absolute atomic E-state index is 4.63. The number of hydrogen-bond donors (Lipinski definition) is 1. The van der Waals surface area contributed by atoms with Gasteiger partial charge in [-0.2, -0.15) is 5.10 Å². The molecule has 1 aliphatic rings. The molecule has 0 amide bonds. The van der Waals surface area contributed by atoms with E-state index >= 15 is 0 Å². The van der Waals surface area contributed by atoms with Crippen molar-refractivity contribution in [2.24, 2.45) is 10.9 Å². The molecular weight excluding hydrogens is 220 g/mol. The highest BCUT2D eigenvalue weighted by molar-refractivity contribution is 8.14. The van der Waals surface area contributed by atoms with E-state index in [9.17, 15) is 0 Å². The minimum Gasteiger partial charge on any atom is -0.332 e. The topological polar surface area (TPSA) is 42.2 Å².